The minimum absolute atomic E-state index is 0.0391. The predicted molar refractivity (Wildman–Crippen MR) is 91.3 cm³/mol. The molecule has 2 aliphatic carbocycles. The molecule has 0 unspecified atom stereocenters. The quantitative estimate of drug-likeness (QED) is 0.633. The lowest BCUT2D eigenvalue weighted by Crippen LogP contribution is -2.39. The fraction of sp³-hybridized carbons (Fsp3) is 0.556. The maximum absolute atomic E-state index is 12.1. The first-order chi connectivity index (χ1) is 11.7. The third-order valence-electron chi connectivity index (χ3n) is 4.43. The molecule has 6 heteroatoms. The molecular weight excluding hydrogens is 306 g/mol. The number of amides is 2. The molecule has 0 saturated heterocycles. The monoisotopic (exact) mass is 331 g/mol. The molecule has 130 valence electrons. The molecule has 0 bridgehead atoms. The summed E-state index contributed by atoms with van der Waals surface area (Å²) >= 11 is 0. The van der Waals surface area contributed by atoms with E-state index in [2.05, 4.69) is 10.6 Å². The molecule has 0 radical (unpaired) electrons. The van der Waals surface area contributed by atoms with E-state index in [1.165, 1.54) is 0 Å². The van der Waals surface area contributed by atoms with Gasteiger partial charge in [-0.3, -0.25) is 14.5 Å². The fourth-order valence-electron chi connectivity index (χ4n) is 2.75. The van der Waals surface area contributed by atoms with Crippen molar-refractivity contribution in [1.29, 1.82) is 0 Å². The highest BCUT2D eigenvalue weighted by atomic mass is 16.3. The maximum atomic E-state index is 12.1. The fourth-order valence-corrected chi connectivity index (χ4v) is 2.75. The molecule has 0 spiro atoms. The summed E-state index contributed by atoms with van der Waals surface area (Å²) in [6, 6.07) is 8.02. The Morgan fingerprint density at radius 3 is 2.67 bits per heavy atom. The van der Waals surface area contributed by atoms with Gasteiger partial charge in [0, 0.05) is 30.7 Å². The average Bonchev–Trinajstić information content (AvgIpc) is 3.45. The minimum atomic E-state index is -0.0391. The molecule has 0 aliphatic heterocycles. The average molecular weight is 331 g/mol. The van der Waals surface area contributed by atoms with Crippen molar-refractivity contribution >= 4 is 17.5 Å². The Bertz CT molecular complexity index is 597. The van der Waals surface area contributed by atoms with Crippen molar-refractivity contribution in [3.63, 3.8) is 0 Å². The molecule has 2 saturated carbocycles. The summed E-state index contributed by atoms with van der Waals surface area (Å²) in [5.41, 5.74) is 1.73. The molecule has 2 fully saturated rings. The molecule has 3 N–H and O–H groups in total. The zero-order valence-electron chi connectivity index (χ0n) is 13.8. The van der Waals surface area contributed by atoms with Gasteiger partial charge in [0.25, 0.3) is 0 Å². The van der Waals surface area contributed by atoms with E-state index in [1.54, 1.807) is 0 Å². The van der Waals surface area contributed by atoms with Gasteiger partial charge in [-0.25, -0.2) is 0 Å². The van der Waals surface area contributed by atoms with Crippen molar-refractivity contribution in [2.24, 2.45) is 5.92 Å². The number of aliphatic hydroxyl groups is 1. The normalized spacial score (nSPS) is 16.9. The van der Waals surface area contributed by atoms with Crippen molar-refractivity contribution in [3.05, 3.63) is 29.8 Å². The van der Waals surface area contributed by atoms with Crippen LogP contribution in [0.5, 0.6) is 0 Å². The second-order valence-electron chi connectivity index (χ2n) is 6.67. The summed E-state index contributed by atoms with van der Waals surface area (Å²) in [7, 11) is 0. The van der Waals surface area contributed by atoms with Gasteiger partial charge in [-0.15, -0.1) is 0 Å². The third kappa shape index (κ3) is 5.04. The van der Waals surface area contributed by atoms with E-state index in [0.29, 0.717) is 25.7 Å². The molecular formula is C18H25N3O3. The smallest absolute Gasteiger partial charge is 0.234 e. The lowest BCUT2D eigenvalue weighted by Gasteiger charge is -2.20. The van der Waals surface area contributed by atoms with Crippen LogP contribution in [0.15, 0.2) is 24.3 Å². The van der Waals surface area contributed by atoms with Gasteiger partial charge in [0.2, 0.25) is 11.8 Å². The van der Waals surface area contributed by atoms with E-state index in [4.69, 9.17) is 5.11 Å². The SMILES string of the molecule is O=C(CN(CCO)C1CC1)NCc1cccc(NC(=O)C2CC2)c1. The van der Waals surface area contributed by atoms with Gasteiger partial charge in [0.1, 0.15) is 0 Å². The Morgan fingerprint density at radius 1 is 1.21 bits per heavy atom. The van der Waals surface area contributed by atoms with Gasteiger partial charge in [0.05, 0.1) is 13.2 Å². The second-order valence-corrected chi connectivity index (χ2v) is 6.67. The van der Waals surface area contributed by atoms with Crippen molar-refractivity contribution in [3.8, 4) is 0 Å². The highest BCUT2D eigenvalue weighted by Crippen LogP contribution is 2.30. The molecule has 6 nitrogen and oxygen atoms in total. The number of hydrogen-bond acceptors (Lipinski definition) is 4. The summed E-state index contributed by atoms with van der Waals surface area (Å²) in [6.07, 6.45) is 4.17. The van der Waals surface area contributed by atoms with Crippen LogP contribution in [0.2, 0.25) is 0 Å². The Labute approximate surface area is 142 Å². The van der Waals surface area contributed by atoms with Gasteiger partial charge in [-0.05, 0) is 43.4 Å². The van der Waals surface area contributed by atoms with Crippen LogP contribution in [-0.4, -0.2) is 47.6 Å². The lowest BCUT2D eigenvalue weighted by atomic mass is 10.2. The molecule has 1 aromatic carbocycles. The lowest BCUT2D eigenvalue weighted by molar-refractivity contribution is -0.122. The van der Waals surface area contributed by atoms with E-state index < -0.39 is 0 Å². The zero-order chi connectivity index (χ0) is 16.9. The first-order valence-electron chi connectivity index (χ1n) is 8.67. The highest BCUT2D eigenvalue weighted by molar-refractivity contribution is 5.94. The molecule has 2 amide bonds. The minimum Gasteiger partial charge on any atom is -0.395 e. The molecule has 0 atom stereocenters. The van der Waals surface area contributed by atoms with Crippen molar-refractivity contribution in [1.82, 2.24) is 10.2 Å². The number of aliphatic hydroxyl groups excluding tert-OH is 1. The van der Waals surface area contributed by atoms with Crippen molar-refractivity contribution in [2.45, 2.75) is 38.3 Å². The number of anilines is 1. The van der Waals surface area contributed by atoms with Crippen LogP contribution < -0.4 is 10.6 Å². The van der Waals surface area contributed by atoms with Crippen molar-refractivity contribution in [2.75, 3.05) is 25.0 Å². The largest absolute Gasteiger partial charge is 0.395 e. The standard InChI is InChI=1S/C18H25N3O3/c22-9-8-21(16-6-7-16)12-17(23)19-11-13-2-1-3-15(10-13)20-18(24)14-4-5-14/h1-3,10,14,16,22H,4-9,11-12H2,(H,19,23)(H,20,24). The van der Waals surface area contributed by atoms with Crippen LogP contribution in [0, 0.1) is 5.92 Å². The Morgan fingerprint density at radius 2 is 2.00 bits per heavy atom. The van der Waals surface area contributed by atoms with Crippen LogP contribution in [0.3, 0.4) is 0 Å². The summed E-state index contributed by atoms with van der Waals surface area (Å²) in [4.78, 5) is 25.9. The number of nitrogens with one attached hydrogen (secondary N) is 2. The van der Waals surface area contributed by atoms with Gasteiger partial charge in [-0.2, -0.15) is 0 Å². The second kappa shape index (κ2) is 7.77. The molecule has 0 aromatic heterocycles. The van der Waals surface area contributed by atoms with Crippen LogP contribution in [0.1, 0.15) is 31.2 Å². The molecule has 24 heavy (non-hydrogen) atoms. The summed E-state index contributed by atoms with van der Waals surface area (Å²) in [5, 5.41) is 14.9. The van der Waals surface area contributed by atoms with Gasteiger partial charge < -0.3 is 15.7 Å². The number of nitrogens with zero attached hydrogens (tertiary/aromatic N) is 1. The Kier molecular flexibility index (Phi) is 5.48. The highest BCUT2D eigenvalue weighted by Gasteiger charge is 2.30. The molecule has 0 heterocycles. The van der Waals surface area contributed by atoms with Crippen LogP contribution in [0.4, 0.5) is 5.69 Å². The third-order valence-corrected chi connectivity index (χ3v) is 4.43. The Hall–Kier alpha value is -1.92. The summed E-state index contributed by atoms with van der Waals surface area (Å²) in [6.45, 7) is 1.38. The molecule has 1 aromatic rings. The van der Waals surface area contributed by atoms with E-state index in [1.807, 2.05) is 29.2 Å². The number of benzene rings is 1. The van der Waals surface area contributed by atoms with Crippen LogP contribution in [-0.2, 0) is 16.1 Å². The summed E-state index contributed by atoms with van der Waals surface area (Å²) < 4.78 is 0. The van der Waals surface area contributed by atoms with Gasteiger partial charge >= 0.3 is 0 Å². The van der Waals surface area contributed by atoms with Gasteiger partial charge in [0.15, 0.2) is 0 Å². The molecule has 2 aliphatic rings. The number of rotatable bonds is 9. The van der Waals surface area contributed by atoms with E-state index in [9.17, 15) is 9.59 Å². The number of hydrogen-bond donors (Lipinski definition) is 3. The van der Waals surface area contributed by atoms with Crippen molar-refractivity contribution < 1.29 is 14.7 Å². The predicted octanol–water partition coefficient (Wildman–Crippen LogP) is 1.11. The van der Waals surface area contributed by atoms with Crippen LogP contribution in [0.25, 0.3) is 0 Å². The first-order valence-corrected chi connectivity index (χ1v) is 8.67. The Balaban J connectivity index is 1.46. The topological polar surface area (TPSA) is 81.7 Å². The number of carbonyl (C=O) groups is 2. The van der Waals surface area contributed by atoms with E-state index in [0.717, 1.165) is 36.9 Å². The zero-order valence-corrected chi connectivity index (χ0v) is 13.8. The first kappa shape index (κ1) is 16.9. The summed E-state index contributed by atoms with van der Waals surface area (Å²) in [5.74, 6) is 0.219. The van der Waals surface area contributed by atoms with Gasteiger partial charge in [-0.1, -0.05) is 12.1 Å². The van der Waals surface area contributed by atoms with Crippen LogP contribution >= 0.6 is 0 Å². The maximum Gasteiger partial charge on any atom is 0.234 e. The van der Waals surface area contributed by atoms with E-state index >= 15 is 0 Å². The molecule has 3 rings (SSSR count). The number of carbonyl (C=O) groups excluding carboxylic acids is 2. The van der Waals surface area contributed by atoms with E-state index in [-0.39, 0.29) is 24.3 Å².